The van der Waals surface area contributed by atoms with Crippen molar-refractivity contribution >= 4 is 17.6 Å². The first-order chi connectivity index (χ1) is 12.1. The summed E-state index contributed by atoms with van der Waals surface area (Å²) in [5.74, 6) is -2.35. The monoisotopic (exact) mass is 399 g/mol. The predicted octanol–water partition coefficient (Wildman–Crippen LogP) is -1.06. The number of halogens is 1. The lowest BCUT2D eigenvalue weighted by Crippen LogP contribution is -2.68. The number of hydrogen-bond donors (Lipinski definition) is 5. The van der Waals surface area contributed by atoms with Gasteiger partial charge in [-0.15, -0.1) is 16.5 Å². The number of nitrogens with zero attached hydrogens (tertiary/aromatic N) is 3. The number of alkyl halides is 1. The van der Waals surface area contributed by atoms with E-state index in [9.17, 15) is 35.2 Å². The minimum absolute atomic E-state index is 0.0157. The third-order valence-electron chi connectivity index (χ3n) is 4.16. The normalized spacial score (nSPS) is 32.8. The maximum Gasteiger partial charge on any atom is 0.345 e. The van der Waals surface area contributed by atoms with Gasteiger partial charge in [0.05, 0.1) is 11.8 Å². The van der Waals surface area contributed by atoms with E-state index in [1.807, 2.05) is 6.92 Å². The molecule has 152 valence electrons. The third kappa shape index (κ3) is 5.00. The summed E-state index contributed by atoms with van der Waals surface area (Å²) in [6.45, 7) is 2.66. The Labute approximate surface area is 155 Å². The molecular formula is C14H26ClN3O8. The van der Waals surface area contributed by atoms with Crippen LogP contribution in [0.2, 0.25) is 0 Å². The summed E-state index contributed by atoms with van der Waals surface area (Å²) in [5.41, 5.74) is 0. The Balaban J connectivity index is 3.08. The van der Waals surface area contributed by atoms with Gasteiger partial charge in [0.1, 0.15) is 24.4 Å². The Morgan fingerprint density at radius 1 is 1.31 bits per heavy atom. The van der Waals surface area contributed by atoms with Crippen molar-refractivity contribution in [1.82, 2.24) is 9.91 Å². The number of carbonyl (C=O) groups excluding carboxylic acids is 1. The van der Waals surface area contributed by atoms with E-state index in [2.05, 4.69) is 5.29 Å². The van der Waals surface area contributed by atoms with Gasteiger partial charge in [-0.3, -0.25) is 4.90 Å². The largest absolute Gasteiger partial charge is 0.387 e. The highest BCUT2D eigenvalue weighted by atomic mass is 35.5. The molecule has 0 spiro atoms. The van der Waals surface area contributed by atoms with Crippen molar-refractivity contribution in [2.24, 2.45) is 5.29 Å². The maximum absolute atomic E-state index is 12.5. The third-order valence-corrected chi connectivity index (χ3v) is 4.33. The molecule has 0 radical (unpaired) electrons. The van der Waals surface area contributed by atoms with Crippen LogP contribution in [0.5, 0.6) is 0 Å². The fourth-order valence-electron chi connectivity index (χ4n) is 2.60. The van der Waals surface area contributed by atoms with Crippen LogP contribution in [0.4, 0.5) is 4.79 Å². The van der Waals surface area contributed by atoms with E-state index in [1.165, 1.54) is 0 Å². The highest BCUT2D eigenvalue weighted by molar-refractivity contribution is 6.18. The van der Waals surface area contributed by atoms with E-state index in [0.29, 0.717) is 17.9 Å². The van der Waals surface area contributed by atoms with Crippen LogP contribution in [0.1, 0.15) is 26.7 Å². The Morgan fingerprint density at radius 2 is 1.92 bits per heavy atom. The second-order valence-electron chi connectivity index (χ2n) is 6.20. The molecule has 1 saturated heterocycles. The molecule has 11 nitrogen and oxygen atoms in total. The lowest BCUT2D eigenvalue weighted by molar-refractivity contribution is -0.355. The van der Waals surface area contributed by atoms with Crippen molar-refractivity contribution in [1.29, 1.82) is 0 Å². The topological polar surface area (TPSA) is 163 Å². The zero-order chi connectivity index (χ0) is 20.1. The molecule has 1 fully saturated rings. The van der Waals surface area contributed by atoms with Crippen LogP contribution in [0, 0.1) is 4.91 Å². The molecular weight excluding hydrogens is 374 g/mol. The molecule has 1 heterocycles. The number of aliphatic hydroxyl groups is 5. The minimum atomic E-state index is -2.28. The summed E-state index contributed by atoms with van der Waals surface area (Å²) in [6, 6.07) is -0.974. The summed E-state index contributed by atoms with van der Waals surface area (Å²) in [5, 5.41) is 53.4. The van der Waals surface area contributed by atoms with Crippen molar-refractivity contribution in [2.45, 2.75) is 63.1 Å². The van der Waals surface area contributed by atoms with Gasteiger partial charge in [0.25, 0.3) is 0 Å². The summed E-state index contributed by atoms with van der Waals surface area (Å²) in [4.78, 5) is 24.2. The van der Waals surface area contributed by atoms with Crippen LogP contribution in [0.25, 0.3) is 0 Å². The number of urea groups is 1. The molecule has 1 aliphatic rings. The number of rotatable bonds is 8. The molecule has 0 aliphatic carbocycles. The number of ether oxygens (including phenoxy) is 1. The van der Waals surface area contributed by atoms with Crippen LogP contribution in [0.15, 0.2) is 5.29 Å². The summed E-state index contributed by atoms with van der Waals surface area (Å²) in [6.07, 6.45) is -7.85. The van der Waals surface area contributed by atoms with Gasteiger partial charge in [-0.1, -0.05) is 13.3 Å². The van der Waals surface area contributed by atoms with Crippen molar-refractivity contribution in [3.63, 3.8) is 0 Å². The van der Waals surface area contributed by atoms with Gasteiger partial charge in [-0.25, -0.2) is 4.79 Å². The molecule has 0 aromatic carbocycles. The van der Waals surface area contributed by atoms with Crippen molar-refractivity contribution in [2.75, 3.05) is 19.0 Å². The van der Waals surface area contributed by atoms with Gasteiger partial charge in [-0.05, 0) is 13.3 Å². The van der Waals surface area contributed by atoms with E-state index in [1.54, 1.807) is 0 Å². The molecule has 12 heteroatoms. The summed E-state index contributed by atoms with van der Waals surface area (Å²) < 4.78 is 5.11. The molecule has 6 atom stereocenters. The standard InChI is InChI=1S/C14H26ClN3O8/c1-3-4-6-17(13(23)18(16-25)7-5-15)12(22)10-8(19)9(20)11(21)14(2,24)26-10/h8-12,19-22,24H,3-7H2,1-2H3/t8-,9-,10-,11+,12?,14-/m0/s1. The number of nitroso groups, excluding NO2 is 1. The molecule has 1 rings (SSSR count). The summed E-state index contributed by atoms with van der Waals surface area (Å²) >= 11 is 5.52. The molecule has 1 aliphatic heterocycles. The smallest absolute Gasteiger partial charge is 0.345 e. The van der Waals surface area contributed by atoms with Crippen molar-refractivity contribution < 1.29 is 35.1 Å². The highest BCUT2D eigenvalue weighted by Crippen LogP contribution is 2.30. The quantitative estimate of drug-likeness (QED) is 0.149. The van der Waals surface area contributed by atoms with Crippen LogP contribution in [-0.2, 0) is 4.74 Å². The van der Waals surface area contributed by atoms with Crippen LogP contribution >= 0.6 is 11.6 Å². The highest BCUT2D eigenvalue weighted by Gasteiger charge is 2.53. The first kappa shape index (κ1) is 23.0. The molecule has 0 aromatic heterocycles. The molecule has 26 heavy (non-hydrogen) atoms. The second-order valence-corrected chi connectivity index (χ2v) is 6.58. The van der Waals surface area contributed by atoms with Gasteiger partial charge in [0, 0.05) is 12.4 Å². The zero-order valence-corrected chi connectivity index (χ0v) is 15.4. The van der Waals surface area contributed by atoms with Gasteiger partial charge in [-0.2, -0.15) is 5.01 Å². The number of hydrogen-bond acceptors (Lipinski definition) is 9. The van der Waals surface area contributed by atoms with Crippen molar-refractivity contribution in [3.8, 4) is 0 Å². The molecule has 0 saturated carbocycles. The van der Waals surface area contributed by atoms with E-state index in [0.717, 1.165) is 11.8 Å². The van der Waals surface area contributed by atoms with Gasteiger partial charge in [0.2, 0.25) is 0 Å². The van der Waals surface area contributed by atoms with E-state index >= 15 is 0 Å². The lowest BCUT2D eigenvalue weighted by Gasteiger charge is -2.47. The molecule has 2 amide bonds. The Hall–Kier alpha value is -1.08. The lowest BCUT2D eigenvalue weighted by atomic mass is 9.92. The average Bonchev–Trinajstić information content (AvgIpc) is 2.61. The number of carbonyl (C=O) groups is 1. The molecule has 0 aromatic rings. The number of unbranched alkanes of at least 4 members (excludes halogenated alkanes) is 1. The molecule has 1 unspecified atom stereocenters. The Kier molecular flexibility index (Phi) is 8.60. The van der Waals surface area contributed by atoms with Gasteiger partial charge >= 0.3 is 6.03 Å². The SMILES string of the molecule is CCCCN(C(=O)N(CCCl)N=O)C(O)[C@H]1O[C@](C)(O)[C@H](O)[C@@H](O)[C@@H]1O. The Bertz CT molecular complexity index is 483. The number of amides is 2. The van der Waals surface area contributed by atoms with Crippen LogP contribution < -0.4 is 0 Å². The average molecular weight is 400 g/mol. The first-order valence-corrected chi connectivity index (χ1v) is 8.75. The first-order valence-electron chi connectivity index (χ1n) is 8.22. The molecule has 5 N–H and O–H groups in total. The zero-order valence-electron chi connectivity index (χ0n) is 14.6. The summed E-state index contributed by atoms with van der Waals surface area (Å²) in [7, 11) is 0. The van der Waals surface area contributed by atoms with E-state index in [4.69, 9.17) is 16.3 Å². The van der Waals surface area contributed by atoms with Crippen molar-refractivity contribution in [3.05, 3.63) is 4.91 Å². The maximum atomic E-state index is 12.5. The minimum Gasteiger partial charge on any atom is -0.387 e. The van der Waals surface area contributed by atoms with E-state index < -0.39 is 42.5 Å². The number of aliphatic hydroxyl groups excluding tert-OH is 4. The molecule has 0 bridgehead atoms. The Morgan fingerprint density at radius 3 is 2.42 bits per heavy atom. The van der Waals surface area contributed by atoms with Crippen LogP contribution in [0.3, 0.4) is 0 Å². The fraction of sp³-hybridized carbons (Fsp3) is 0.929. The fourth-order valence-corrected chi connectivity index (χ4v) is 2.76. The van der Waals surface area contributed by atoms with Gasteiger partial charge in [0.15, 0.2) is 12.0 Å². The van der Waals surface area contributed by atoms with E-state index in [-0.39, 0.29) is 19.0 Å². The van der Waals surface area contributed by atoms with Gasteiger partial charge < -0.3 is 30.3 Å². The predicted molar refractivity (Wildman–Crippen MR) is 89.8 cm³/mol. The van der Waals surface area contributed by atoms with Crippen LogP contribution in [-0.4, -0.2) is 96.9 Å². The second kappa shape index (κ2) is 9.74.